The van der Waals surface area contributed by atoms with Crippen molar-refractivity contribution in [2.45, 2.75) is 13.0 Å². The second-order valence-electron chi connectivity index (χ2n) is 4.51. The first-order valence-electron chi connectivity index (χ1n) is 6.18. The van der Waals surface area contributed by atoms with E-state index in [1.54, 1.807) is 12.4 Å². The van der Waals surface area contributed by atoms with E-state index in [1.807, 2.05) is 25.2 Å². The molecule has 1 aromatic carbocycles. The Morgan fingerprint density at radius 1 is 1.16 bits per heavy atom. The number of fused-ring (bicyclic) bond motifs is 1. The van der Waals surface area contributed by atoms with Crippen molar-refractivity contribution < 1.29 is 0 Å². The van der Waals surface area contributed by atoms with E-state index in [2.05, 4.69) is 37.8 Å². The molecule has 0 saturated carbocycles. The molecule has 0 saturated heterocycles. The van der Waals surface area contributed by atoms with Gasteiger partial charge in [0.25, 0.3) is 0 Å². The minimum Gasteiger partial charge on any atom is -0.373 e. The average molecular weight is 253 g/mol. The third kappa shape index (κ3) is 2.14. The van der Waals surface area contributed by atoms with Gasteiger partial charge in [0.05, 0.1) is 35.2 Å². The van der Waals surface area contributed by atoms with Gasteiger partial charge in [-0.05, 0) is 19.1 Å². The van der Waals surface area contributed by atoms with E-state index in [0.29, 0.717) is 0 Å². The third-order valence-electron chi connectivity index (χ3n) is 3.15. The van der Waals surface area contributed by atoms with Crippen LogP contribution in [0.25, 0.3) is 11.0 Å². The first-order chi connectivity index (χ1) is 9.25. The standard InChI is InChI=1S/C14H15N5/c1-10(17-11-7-15-9-16-8-11)14-18-12-5-3-4-6-13(12)19(14)2/h3-10,17H,1-2H3. The molecule has 0 bridgehead atoms. The van der Waals surface area contributed by atoms with Crippen LogP contribution in [0.2, 0.25) is 0 Å². The molecule has 1 atom stereocenters. The van der Waals surface area contributed by atoms with Crippen LogP contribution in [0.4, 0.5) is 5.69 Å². The van der Waals surface area contributed by atoms with Crippen molar-refractivity contribution >= 4 is 16.7 Å². The Balaban J connectivity index is 1.93. The zero-order valence-corrected chi connectivity index (χ0v) is 10.9. The van der Waals surface area contributed by atoms with Crippen LogP contribution in [-0.2, 0) is 7.05 Å². The van der Waals surface area contributed by atoms with Gasteiger partial charge in [0, 0.05) is 7.05 Å². The first-order valence-corrected chi connectivity index (χ1v) is 6.18. The van der Waals surface area contributed by atoms with Gasteiger partial charge in [-0.15, -0.1) is 0 Å². The van der Waals surface area contributed by atoms with Crippen molar-refractivity contribution in [2.75, 3.05) is 5.32 Å². The maximum absolute atomic E-state index is 4.67. The summed E-state index contributed by atoms with van der Waals surface area (Å²) in [6, 6.07) is 8.21. The lowest BCUT2D eigenvalue weighted by atomic mass is 10.3. The van der Waals surface area contributed by atoms with E-state index in [0.717, 1.165) is 22.5 Å². The van der Waals surface area contributed by atoms with E-state index >= 15 is 0 Å². The molecule has 0 fully saturated rings. The highest BCUT2D eigenvalue weighted by Crippen LogP contribution is 2.21. The van der Waals surface area contributed by atoms with Crippen molar-refractivity contribution in [3.63, 3.8) is 0 Å². The maximum atomic E-state index is 4.67. The summed E-state index contributed by atoms with van der Waals surface area (Å²) in [5.74, 6) is 0.991. The molecule has 1 unspecified atom stereocenters. The summed E-state index contributed by atoms with van der Waals surface area (Å²) in [6.07, 6.45) is 5.03. The molecular formula is C14H15N5. The Bertz CT molecular complexity index is 689. The summed E-state index contributed by atoms with van der Waals surface area (Å²) in [6.45, 7) is 2.08. The fourth-order valence-corrected chi connectivity index (χ4v) is 2.24. The van der Waals surface area contributed by atoms with Crippen LogP contribution in [0.15, 0.2) is 43.0 Å². The molecule has 5 nitrogen and oxygen atoms in total. The van der Waals surface area contributed by atoms with E-state index in [4.69, 9.17) is 0 Å². The van der Waals surface area contributed by atoms with E-state index in [9.17, 15) is 0 Å². The Morgan fingerprint density at radius 2 is 1.89 bits per heavy atom. The number of hydrogen-bond donors (Lipinski definition) is 1. The van der Waals surface area contributed by atoms with Crippen LogP contribution >= 0.6 is 0 Å². The lowest BCUT2D eigenvalue weighted by Gasteiger charge is -2.14. The fraction of sp³-hybridized carbons (Fsp3) is 0.214. The van der Waals surface area contributed by atoms with Crippen LogP contribution in [0.1, 0.15) is 18.8 Å². The molecule has 0 aliphatic carbocycles. The van der Waals surface area contributed by atoms with Crippen molar-refractivity contribution in [3.05, 3.63) is 48.8 Å². The minimum absolute atomic E-state index is 0.0865. The average Bonchev–Trinajstić information content (AvgIpc) is 2.78. The van der Waals surface area contributed by atoms with Crippen LogP contribution in [0.5, 0.6) is 0 Å². The number of rotatable bonds is 3. The SMILES string of the molecule is CC(Nc1cncnc1)c1nc2ccccc2n1C. The minimum atomic E-state index is 0.0865. The molecule has 3 aromatic rings. The molecule has 0 radical (unpaired) electrons. The Morgan fingerprint density at radius 3 is 2.63 bits per heavy atom. The number of aromatic nitrogens is 4. The fourth-order valence-electron chi connectivity index (χ4n) is 2.24. The molecule has 19 heavy (non-hydrogen) atoms. The number of aryl methyl sites for hydroxylation is 1. The van der Waals surface area contributed by atoms with Crippen LogP contribution in [-0.4, -0.2) is 19.5 Å². The first kappa shape index (κ1) is 11.6. The number of nitrogens with one attached hydrogen (secondary N) is 1. The molecular weight excluding hydrogens is 238 g/mol. The number of imidazole rings is 1. The highest BCUT2D eigenvalue weighted by atomic mass is 15.1. The number of nitrogens with zero attached hydrogens (tertiary/aromatic N) is 4. The molecule has 5 heteroatoms. The highest BCUT2D eigenvalue weighted by molar-refractivity contribution is 5.76. The van der Waals surface area contributed by atoms with Gasteiger partial charge in [-0.1, -0.05) is 12.1 Å². The van der Waals surface area contributed by atoms with Crippen molar-refractivity contribution in [3.8, 4) is 0 Å². The number of anilines is 1. The van der Waals surface area contributed by atoms with Gasteiger partial charge in [0.2, 0.25) is 0 Å². The largest absolute Gasteiger partial charge is 0.373 e. The lowest BCUT2D eigenvalue weighted by molar-refractivity contribution is 0.732. The summed E-state index contributed by atoms with van der Waals surface area (Å²) in [5.41, 5.74) is 3.04. The number of hydrogen-bond acceptors (Lipinski definition) is 4. The molecule has 0 aliphatic heterocycles. The van der Waals surface area contributed by atoms with Crippen molar-refractivity contribution in [1.29, 1.82) is 0 Å². The quantitative estimate of drug-likeness (QED) is 0.779. The Hall–Kier alpha value is -2.43. The van der Waals surface area contributed by atoms with Gasteiger partial charge in [0.1, 0.15) is 12.2 Å². The molecule has 0 amide bonds. The lowest BCUT2D eigenvalue weighted by Crippen LogP contribution is -2.12. The molecule has 1 N–H and O–H groups in total. The van der Waals surface area contributed by atoms with Gasteiger partial charge in [-0.3, -0.25) is 0 Å². The zero-order valence-electron chi connectivity index (χ0n) is 10.9. The van der Waals surface area contributed by atoms with Gasteiger partial charge < -0.3 is 9.88 Å². The number of para-hydroxylation sites is 2. The number of benzene rings is 1. The van der Waals surface area contributed by atoms with Crippen LogP contribution < -0.4 is 5.32 Å². The predicted molar refractivity (Wildman–Crippen MR) is 74.8 cm³/mol. The van der Waals surface area contributed by atoms with Crippen LogP contribution in [0.3, 0.4) is 0 Å². The van der Waals surface area contributed by atoms with Gasteiger partial charge in [-0.2, -0.15) is 0 Å². The Kier molecular flexibility index (Phi) is 2.87. The summed E-state index contributed by atoms with van der Waals surface area (Å²) in [4.78, 5) is 12.7. The zero-order chi connectivity index (χ0) is 13.2. The van der Waals surface area contributed by atoms with Crippen molar-refractivity contribution in [2.24, 2.45) is 7.05 Å². The van der Waals surface area contributed by atoms with E-state index in [1.165, 1.54) is 6.33 Å². The van der Waals surface area contributed by atoms with E-state index < -0.39 is 0 Å². The van der Waals surface area contributed by atoms with Gasteiger partial charge in [-0.25, -0.2) is 15.0 Å². The molecule has 2 heterocycles. The summed E-state index contributed by atoms with van der Waals surface area (Å²) in [5, 5.41) is 3.35. The third-order valence-corrected chi connectivity index (χ3v) is 3.15. The normalized spacial score (nSPS) is 12.5. The monoisotopic (exact) mass is 253 g/mol. The predicted octanol–water partition coefficient (Wildman–Crippen LogP) is 2.54. The molecule has 0 aliphatic rings. The molecule has 2 aromatic heterocycles. The topological polar surface area (TPSA) is 55.6 Å². The maximum Gasteiger partial charge on any atom is 0.131 e. The molecule has 0 spiro atoms. The van der Waals surface area contributed by atoms with E-state index in [-0.39, 0.29) is 6.04 Å². The summed E-state index contributed by atoms with van der Waals surface area (Å²) < 4.78 is 2.11. The van der Waals surface area contributed by atoms with Crippen molar-refractivity contribution in [1.82, 2.24) is 19.5 Å². The highest BCUT2D eigenvalue weighted by Gasteiger charge is 2.14. The Labute approximate surface area is 111 Å². The molecule has 3 rings (SSSR count). The van der Waals surface area contributed by atoms with Crippen LogP contribution in [0, 0.1) is 0 Å². The molecule has 96 valence electrons. The second kappa shape index (κ2) is 4.68. The summed E-state index contributed by atoms with van der Waals surface area (Å²) in [7, 11) is 2.03. The smallest absolute Gasteiger partial charge is 0.131 e. The second-order valence-corrected chi connectivity index (χ2v) is 4.51. The summed E-state index contributed by atoms with van der Waals surface area (Å²) >= 11 is 0. The van der Waals surface area contributed by atoms with Gasteiger partial charge in [0.15, 0.2) is 0 Å². The van der Waals surface area contributed by atoms with Gasteiger partial charge >= 0.3 is 0 Å².